The third-order valence-corrected chi connectivity index (χ3v) is 7.70. The Morgan fingerprint density at radius 2 is 0.957 bits per heavy atom. The van der Waals surface area contributed by atoms with Crippen LogP contribution >= 0.6 is 0 Å². The predicted molar refractivity (Wildman–Crippen MR) is 181 cm³/mol. The van der Waals surface area contributed by atoms with Gasteiger partial charge in [0.05, 0.1) is 46.1 Å². The van der Waals surface area contributed by atoms with Crippen LogP contribution in [-0.4, -0.2) is 42.3 Å². The first-order valence-electron chi connectivity index (χ1n) is 15.6. The van der Waals surface area contributed by atoms with Crippen LogP contribution in [0.2, 0.25) is 0 Å². The van der Waals surface area contributed by atoms with Crippen molar-refractivity contribution in [1.29, 1.82) is 0 Å². The zero-order valence-corrected chi connectivity index (χ0v) is 26.1. The van der Waals surface area contributed by atoms with Crippen LogP contribution in [0.5, 0.6) is 0 Å². The number of aromatic carboxylic acids is 2. The number of pyridine rings is 2. The molecule has 2 aromatic heterocycles. The zero-order chi connectivity index (χ0) is 33.1. The minimum Gasteiger partial charge on any atom is -0.478 e. The first-order chi connectivity index (χ1) is 22.2. The highest BCUT2D eigenvalue weighted by molar-refractivity contribution is 5.88. The Kier molecular flexibility index (Phi) is 12.1. The van der Waals surface area contributed by atoms with Crippen molar-refractivity contribution in [2.45, 2.75) is 64.6 Å². The van der Waals surface area contributed by atoms with Gasteiger partial charge in [-0.1, -0.05) is 100 Å². The number of aromatic nitrogens is 2. The number of hydrogen-bond donors (Lipinski definition) is 4. The predicted octanol–water partition coefficient (Wildman–Crippen LogP) is 8.33. The summed E-state index contributed by atoms with van der Waals surface area (Å²) in [5.41, 5.74) is 5.71. The molecule has 46 heavy (non-hydrogen) atoms. The van der Waals surface area contributed by atoms with Gasteiger partial charge in [-0.25, -0.2) is 19.6 Å². The van der Waals surface area contributed by atoms with Gasteiger partial charge in [-0.15, -0.1) is 0 Å². The van der Waals surface area contributed by atoms with Crippen molar-refractivity contribution in [2.24, 2.45) is 0 Å². The molecule has 8 heteroatoms. The molecule has 8 nitrogen and oxygen atoms in total. The minimum atomic E-state index is -0.984. The number of hydrogen-bond acceptors (Lipinski definition) is 6. The van der Waals surface area contributed by atoms with Crippen LogP contribution in [0.3, 0.4) is 0 Å². The van der Waals surface area contributed by atoms with E-state index in [1.54, 1.807) is 48.5 Å². The lowest BCUT2D eigenvalue weighted by atomic mass is 10.00. The fraction of sp³-hybridized carbons (Fsp3) is 0.263. The zero-order valence-electron chi connectivity index (χ0n) is 26.1. The lowest BCUT2D eigenvalue weighted by molar-refractivity contribution is 0.0686. The monoisotopic (exact) mass is 620 g/mol. The maximum absolute atomic E-state index is 11.2. The van der Waals surface area contributed by atoms with Crippen molar-refractivity contribution in [3.63, 3.8) is 0 Å². The molecule has 4 N–H and O–H groups in total. The van der Waals surface area contributed by atoms with E-state index < -0.39 is 24.1 Å². The van der Waals surface area contributed by atoms with E-state index in [0.717, 1.165) is 47.9 Å². The number of benzene rings is 2. The number of nitrogens with zero attached hydrogens (tertiary/aromatic N) is 2. The third kappa shape index (κ3) is 9.06. The van der Waals surface area contributed by atoms with Crippen molar-refractivity contribution in [2.75, 3.05) is 0 Å². The molecular weight excluding hydrogens is 580 g/mol. The van der Waals surface area contributed by atoms with Gasteiger partial charge >= 0.3 is 11.9 Å². The van der Waals surface area contributed by atoms with Crippen LogP contribution in [0.4, 0.5) is 0 Å². The van der Waals surface area contributed by atoms with Gasteiger partial charge in [0.15, 0.2) is 0 Å². The van der Waals surface area contributed by atoms with Crippen LogP contribution in [0, 0.1) is 0 Å². The molecule has 4 rings (SSSR count). The molecule has 4 aromatic rings. The summed E-state index contributed by atoms with van der Waals surface area (Å²) >= 11 is 0. The van der Waals surface area contributed by atoms with Gasteiger partial charge in [0, 0.05) is 0 Å². The second kappa shape index (κ2) is 16.4. The maximum Gasteiger partial charge on any atom is 0.335 e. The summed E-state index contributed by atoms with van der Waals surface area (Å²) in [6.45, 7) is 4.13. The fourth-order valence-electron chi connectivity index (χ4n) is 4.99. The largest absolute Gasteiger partial charge is 0.478 e. The van der Waals surface area contributed by atoms with Crippen LogP contribution in [-0.2, 0) is 0 Å². The van der Waals surface area contributed by atoms with E-state index in [1.807, 2.05) is 48.6 Å². The Bertz CT molecular complexity index is 1570. The number of aliphatic hydroxyl groups excluding tert-OH is 2. The summed E-state index contributed by atoms with van der Waals surface area (Å²) < 4.78 is 0. The van der Waals surface area contributed by atoms with Crippen LogP contribution in [0.15, 0.2) is 72.8 Å². The molecule has 2 heterocycles. The number of unbranched alkanes of at least 4 members (excludes halogenated alkanes) is 2. The summed E-state index contributed by atoms with van der Waals surface area (Å²) in [6.07, 6.45) is 10.5. The van der Waals surface area contributed by atoms with Gasteiger partial charge in [0.25, 0.3) is 0 Å². The van der Waals surface area contributed by atoms with E-state index in [-0.39, 0.29) is 11.1 Å². The molecule has 0 saturated carbocycles. The Labute approximate surface area is 269 Å². The SMILES string of the molecule is CCCC[C@H](O)c1nc(-c2ccc(/C=C/c3ccc(C(=O)O)cc3)c([C@@H](O)CCCC)n2)ccc1/C=C/c1ccc(C(=O)O)cc1. The van der Waals surface area contributed by atoms with Crippen LogP contribution < -0.4 is 0 Å². The molecule has 0 aliphatic heterocycles. The minimum absolute atomic E-state index is 0.210. The second-order valence-electron chi connectivity index (χ2n) is 11.2. The maximum atomic E-state index is 11.2. The Hall–Kier alpha value is -4.92. The fourth-order valence-corrected chi connectivity index (χ4v) is 4.99. The molecule has 0 bridgehead atoms. The summed E-state index contributed by atoms with van der Waals surface area (Å²) in [5.74, 6) is -1.97. The topological polar surface area (TPSA) is 141 Å². The molecule has 0 spiro atoms. The van der Waals surface area contributed by atoms with E-state index in [4.69, 9.17) is 9.97 Å². The number of rotatable bonds is 15. The molecule has 0 unspecified atom stereocenters. The highest BCUT2D eigenvalue weighted by Crippen LogP contribution is 2.30. The molecule has 2 atom stereocenters. The number of aliphatic hydroxyl groups is 2. The molecule has 0 aliphatic rings. The molecule has 0 amide bonds. The van der Waals surface area contributed by atoms with E-state index in [9.17, 15) is 30.0 Å². The third-order valence-electron chi connectivity index (χ3n) is 7.70. The Morgan fingerprint density at radius 3 is 1.28 bits per heavy atom. The molecule has 0 aliphatic carbocycles. The van der Waals surface area contributed by atoms with Gasteiger partial charge in [-0.3, -0.25) is 0 Å². The second-order valence-corrected chi connectivity index (χ2v) is 11.2. The average Bonchev–Trinajstić information content (AvgIpc) is 3.07. The average molecular weight is 621 g/mol. The molecule has 238 valence electrons. The summed E-state index contributed by atoms with van der Waals surface area (Å²) in [5, 5.41) is 40.6. The van der Waals surface area contributed by atoms with Gasteiger partial charge < -0.3 is 20.4 Å². The lowest BCUT2D eigenvalue weighted by Crippen LogP contribution is -2.07. The van der Waals surface area contributed by atoms with Gasteiger partial charge in [-0.2, -0.15) is 0 Å². The van der Waals surface area contributed by atoms with Crippen molar-refractivity contribution >= 4 is 36.2 Å². The van der Waals surface area contributed by atoms with Crippen molar-refractivity contribution < 1.29 is 30.0 Å². The Balaban J connectivity index is 1.70. The number of carboxylic acids is 2. The molecule has 2 aromatic carbocycles. The van der Waals surface area contributed by atoms with Crippen LogP contribution in [0.1, 0.15) is 119 Å². The van der Waals surface area contributed by atoms with Gasteiger partial charge in [0.1, 0.15) is 0 Å². The van der Waals surface area contributed by atoms with Crippen molar-refractivity contribution in [3.05, 3.63) is 118 Å². The lowest BCUT2D eigenvalue weighted by Gasteiger charge is -2.16. The van der Waals surface area contributed by atoms with E-state index >= 15 is 0 Å². The molecule has 0 saturated heterocycles. The summed E-state index contributed by atoms with van der Waals surface area (Å²) in [7, 11) is 0. The van der Waals surface area contributed by atoms with Crippen LogP contribution in [0.25, 0.3) is 35.7 Å². The summed E-state index contributed by atoms with van der Waals surface area (Å²) in [6, 6.07) is 20.6. The Morgan fingerprint density at radius 1 is 0.587 bits per heavy atom. The smallest absolute Gasteiger partial charge is 0.335 e. The highest BCUT2D eigenvalue weighted by atomic mass is 16.4. The van der Waals surface area contributed by atoms with Gasteiger partial charge in [0.2, 0.25) is 0 Å². The molecule has 0 fully saturated rings. The number of carbonyl (C=O) groups is 2. The normalized spacial score (nSPS) is 12.9. The molecular formula is C38H40N2O6. The number of carboxylic acid groups (broad SMARTS) is 2. The standard InChI is InChI=1S/C38H40N2O6/c1-3-5-7-33(41)35-27(15-9-25-11-17-29(18-12-25)37(43)44)21-23-31(39-35)32-24-22-28(36(40-32)34(42)8-6-4-2)16-10-26-13-19-30(20-14-26)38(45)46/h9-24,33-34,41-42H,3-8H2,1-2H3,(H,43,44)(H,45,46)/b15-9+,16-10+/t33-,34-/m0/s1. The first-order valence-corrected chi connectivity index (χ1v) is 15.6. The highest BCUT2D eigenvalue weighted by Gasteiger charge is 2.18. The first kappa shape index (κ1) is 34.0. The summed E-state index contributed by atoms with van der Waals surface area (Å²) in [4.78, 5) is 32.1. The van der Waals surface area contributed by atoms with Gasteiger partial charge in [-0.05, 0) is 71.5 Å². The quantitative estimate of drug-likeness (QED) is 0.104. The van der Waals surface area contributed by atoms with Crippen molar-refractivity contribution in [1.82, 2.24) is 9.97 Å². The van der Waals surface area contributed by atoms with E-state index in [2.05, 4.69) is 13.8 Å². The molecule has 0 radical (unpaired) electrons. The van der Waals surface area contributed by atoms with E-state index in [1.165, 1.54) is 0 Å². The van der Waals surface area contributed by atoms with Crippen molar-refractivity contribution in [3.8, 4) is 11.4 Å². The van der Waals surface area contributed by atoms with E-state index in [0.29, 0.717) is 35.6 Å².